The Labute approximate surface area is 126 Å². The molecule has 0 radical (unpaired) electrons. The lowest BCUT2D eigenvalue weighted by Crippen LogP contribution is -2.20. The van der Waals surface area contributed by atoms with Gasteiger partial charge in [-0.1, -0.05) is 0 Å². The quantitative estimate of drug-likeness (QED) is 0.876. The molecule has 2 rings (SSSR count). The van der Waals surface area contributed by atoms with E-state index in [0.29, 0.717) is 5.75 Å². The molecule has 1 saturated heterocycles. The predicted molar refractivity (Wildman–Crippen MR) is 81.6 cm³/mol. The number of nitrogens with zero attached hydrogens (tertiary/aromatic N) is 1. The second-order valence-corrected chi connectivity index (χ2v) is 4.97. The molecule has 1 aromatic carbocycles. The largest absolute Gasteiger partial charge is 0.493 e. The van der Waals surface area contributed by atoms with Crippen LogP contribution >= 0.6 is 0 Å². The van der Waals surface area contributed by atoms with E-state index in [1.807, 2.05) is 6.07 Å². The standard InChI is InChI=1S/C15H22FNO2.CH4O/c1-18-14-11-12(10-13(16)15(14)19-2)6-5-9-17-7-3-4-8-17;1-2/h10-11H,3-9H2,1-2H3;2H,1H3. The average Bonchev–Trinajstić information content (AvgIpc) is 3.02. The van der Waals surface area contributed by atoms with Crippen LogP contribution in [0.1, 0.15) is 24.8 Å². The van der Waals surface area contributed by atoms with Crippen molar-refractivity contribution < 1.29 is 19.0 Å². The first-order valence-electron chi connectivity index (χ1n) is 7.32. The van der Waals surface area contributed by atoms with E-state index in [0.717, 1.165) is 32.1 Å². The highest BCUT2D eigenvalue weighted by atomic mass is 19.1. The number of benzene rings is 1. The molecule has 0 saturated carbocycles. The van der Waals surface area contributed by atoms with Gasteiger partial charge < -0.3 is 19.5 Å². The SMILES string of the molecule is CO.COc1cc(CCCN2CCCC2)cc(F)c1OC. The van der Waals surface area contributed by atoms with Crippen molar-refractivity contribution in [3.63, 3.8) is 0 Å². The Bertz CT molecular complexity index is 420. The van der Waals surface area contributed by atoms with Gasteiger partial charge in [0.05, 0.1) is 14.2 Å². The van der Waals surface area contributed by atoms with Crippen LogP contribution in [0.3, 0.4) is 0 Å². The third-order valence-corrected chi connectivity index (χ3v) is 3.63. The van der Waals surface area contributed by atoms with E-state index in [2.05, 4.69) is 4.90 Å². The van der Waals surface area contributed by atoms with Crippen molar-refractivity contribution >= 4 is 0 Å². The van der Waals surface area contributed by atoms with Crippen molar-refractivity contribution in [3.05, 3.63) is 23.5 Å². The highest BCUT2D eigenvalue weighted by Gasteiger charge is 2.13. The Balaban J connectivity index is 0.00000106. The first kappa shape index (κ1) is 17.7. The van der Waals surface area contributed by atoms with Crippen LogP contribution in [0.5, 0.6) is 11.5 Å². The Kier molecular flexibility index (Phi) is 8.08. The maximum Gasteiger partial charge on any atom is 0.196 e. The average molecular weight is 299 g/mol. The number of likely N-dealkylation sites (tertiary alicyclic amines) is 1. The van der Waals surface area contributed by atoms with Gasteiger partial charge in [-0.15, -0.1) is 0 Å². The summed E-state index contributed by atoms with van der Waals surface area (Å²) in [7, 11) is 3.99. The summed E-state index contributed by atoms with van der Waals surface area (Å²) in [4.78, 5) is 2.47. The number of aliphatic hydroxyl groups is 1. The van der Waals surface area contributed by atoms with E-state index < -0.39 is 0 Å². The lowest BCUT2D eigenvalue weighted by molar-refractivity contribution is 0.331. The summed E-state index contributed by atoms with van der Waals surface area (Å²) in [5, 5.41) is 7.00. The predicted octanol–water partition coefficient (Wildman–Crippen LogP) is 2.48. The van der Waals surface area contributed by atoms with Gasteiger partial charge in [0.25, 0.3) is 0 Å². The number of ether oxygens (including phenoxy) is 2. The minimum absolute atomic E-state index is 0.186. The zero-order chi connectivity index (χ0) is 15.7. The summed E-state index contributed by atoms with van der Waals surface area (Å²) in [5.74, 6) is 0.308. The van der Waals surface area contributed by atoms with Crippen LogP contribution in [0.25, 0.3) is 0 Å². The Morgan fingerprint density at radius 2 is 1.81 bits per heavy atom. The lowest BCUT2D eigenvalue weighted by atomic mass is 10.1. The molecule has 1 heterocycles. The zero-order valence-corrected chi connectivity index (χ0v) is 13.2. The Hall–Kier alpha value is -1.33. The summed E-state index contributed by atoms with van der Waals surface area (Å²) in [6.45, 7) is 3.51. The molecule has 0 aromatic heterocycles. The molecule has 1 N–H and O–H groups in total. The van der Waals surface area contributed by atoms with Gasteiger partial charge in [-0.05, 0) is 63.0 Å². The normalized spacial score (nSPS) is 14.5. The number of aliphatic hydroxyl groups excluding tert-OH is 1. The maximum atomic E-state index is 13.8. The molecule has 0 unspecified atom stereocenters. The second kappa shape index (κ2) is 9.58. The van der Waals surface area contributed by atoms with Crippen LogP contribution in [-0.4, -0.2) is 51.0 Å². The van der Waals surface area contributed by atoms with E-state index >= 15 is 0 Å². The van der Waals surface area contributed by atoms with Gasteiger partial charge in [0, 0.05) is 7.11 Å². The van der Waals surface area contributed by atoms with Crippen LogP contribution in [-0.2, 0) is 6.42 Å². The lowest BCUT2D eigenvalue weighted by Gasteiger charge is -2.15. The molecule has 5 heteroatoms. The van der Waals surface area contributed by atoms with Crippen LogP contribution in [0.15, 0.2) is 12.1 Å². The van der Waals surface area contributed by atoms with E-state index in [1.54, 1.807) is 6.07 Å². The summed E-state index contributed by atoms with van der Waals surface area (Å²) in [6.07, 6.45) is 4.54. The molecule has 0 spiro atoms. The molecule has 21 heavy (non-hydrogen) atoms. The van der Waals surface area contributed by atoms with Crippen molar-refractivity contribution in [2.75, 3.05) is 41.0 Å². The van der Waals surface area contributed by atoms with Gasteiger partial charge in [-0.25, -0.2) is 4.39 Å². The molecule has 1 aromatic rings. The van der Waals surface area contributed by atoms with Crippen LogP contribution in [0, 0.1) is 5.82 Å². The van der Waals surface area contributed by atoms with Crippen molar-refractivity contribution in [1.29, 1.82) is 0 Å². The summed E-state index contributed by atoms with van der Waals surface area (Å²) in [5.41, 5.74) is 0.967. The van der Waals surface area contributed by atoms with Crippen molar-refractivity contribution in [1.82, 2.24) is 4.90 Å². The first-order chi connectivity index (χ1) is 10.2. The highest BCUT2D eigenvalue weighted by molar-refractivity contribution is 5.44. The van der Waals surface area contributed by atoms with Crippen molar-refractivity contribution in [3.8, 4) is 11.5 Å². The fourth-order valence-corrected chi connectivity index (χ4v) is 2.63. The summed E-state index contributed by atoms with van der Waals surface area (Å²) < 4.78 is 24.0. The van der Waals surface area contributed by atoms with Gasteiger partial charge in [-0.3, -0.25) is 0 Å². The monoisotopic (exact) mass is 299 g/mol. The van der Waals surface area contributed by atoms with Crippen LogP contribution < -0.4 is 9.47 Å². The summed E-state index contributed by atoms with van der Waals surface area (Å²) in [6, 6.07) is 3.41. The van der Waals surface area contributed by atoms with Gasteiger partial charge >= 0.3 is 0 Å². The molecular weight excluding hydrogens is 273 g/mol. The van der Waals surface area contributed by atoms with Crippen molar-refractivity contribution in [2.24, 2.45) is 0 Å². The van der Waals surface area contributed by atoms with Crippen LogP contribution in [0.2, 0.25) is 0 Å². The fraction of sp³-hybridized carbons (Fsp3) is 0.625. The second-order valence-electron chi connectivity index (χ2n) is 4.97. The van der Waals surface area contributed by atoms with Gasteiger partial charge in [0.15, 0.2) is 17.3 Å². The number of hydrogen-bond acceptors (Lipinski definition) is 4. The Morgan fingerprint density at radius 3 is 2.38 bits per heavy atom. The first-order valence-corrected chi connectivity index (χ1v) is 7.32. The molecule has 0 aliphatic carbocycles. The third kappa shape index (κ3) is 5.17. The van der Waals surface area contributed by atoms with Gasteiger partial charge in [0.1, 0.15) is 0 Å². The van der Waals surface area contributed by atoms with E-state index in [9.17, 15) is 4.39 Å². The Morgan fingerprint density at radius 1 is 1.14 bits per heavy atom. The topological polar surface area (TPSA) is 41.9 Å². The van der Waals surface area contributed by atoms with Crippen LogP contribution in [0.4, 0.5) is 4.39 Å². The third-order valence-electron chi connectivity index (χ3n) is 3.63. The molecule has 4 nitrogen and oxygen atoms in total. The number of methoxy groups -OCH3 is 2. The van der Waals surface area contributed by atoms with Crippen molar-refractivity contribution in [2.45, 2.75) is 25.7 Å². The zero-order valence-electron chi connectivity index (χ0n) is 13.2. The number of rotatable bonds is 6. The molecule has 120 valence electrons. The highest BCUT2D eigenvalue weighted by Crippen LogP contribution is 2.31. The molecular formula is C16H26FNO3. The van der Waals surface area contributed by atoms with E-state index in [1.165, 1.54) is 40.2 Å². The molecule has 0 amide bonds. The van der Waals surface area contributed by atoms with Gasteiger partial charge in [0.2, 0.25) is 0 Å². The number of halogens is 1. The maximum absolute atomic E-state index is 13.8. The molecule has 1 fully saturated rings. The molecule has 1 aliphatic heterocycles. The van der Waals surface area contributed by atoms with E-state index in [4.69, 9.17) is 14.6 Å². The number of hydrogen-bond donors (Lipinski definition) is 1. The number of aryl methyl sites for hydroxylation is 1. The molecule has 1 aliphatic rings. The molecule has 0 atom stereocenters. The fourth-order valence-electron chi connectivity index (χ4n) is 2.63. The minimum atomic E-state index is -0.349. The van der Waals surface area contributed by atoms with E-state index in [-0.39, 0.29) is 11.6 Å². The van der Waals surface area contributed by atoms with Gasteiger partial charge in [-0.2, -0.15) is 0 Å². The summed E-state index contributed by atoms with van der Waals surface area (Å²) >= 11 is 0. The minimum Gasteiger partial charge on any atom is -0.493 e. The smallest absolute Gasteiger partial charge is 0.196 e. The molecule has 0 bridgehead atoms.